The summed E-state index contributed by atoms with van der Waals surface area (Å²) in [6.07, 6.45) is 4.52. The summed E-state index contributed by atoms with van der Waals surface area (Å²) in [5, 5.41) is 0. The number of carbonyl (C=O) groups is 1. The zero-order valence-corrected chi connectivity index (χ0v) is 12.2. The molecule has 0 aromatic carbocycles. The molecule has 5 heteroatoms. The maximum absolute atomic E-state index is 12.7. The average Bonchev–Trinajstić information content (AvgIpc) is 2.87. The summed E-state index contributed by atoms with van der Waals surface area (Å²) >= 11 is 1.99. The first-order valence-electron chi connectivity index (χ1n) is 7.26. The topological polar surface area (TPSA) is 61.6 Å². The molecule has 3 aliphatic rings. The van der Waals surface area contributed by atoms with Crippen LogP contribution in [0.25, 0.3) is 0 Å². The monoisotopic (exact) mass is 285 g/mol. The van der Waals surface area contributed by atoms with E-state index in [1.54, 1.807) is 0 Å². The highest BCUT2D eigenvalue weighted by Crippen LogP contribution is 2.41. The van der Waals surface area contributed by atoms with Crippen LogP contribution in [0.3, 0.4) is 0 Å². The molecule has 4 nitrogen and oxygen atoms in total. The number of thioether (sulfide) groups is 1. The van der Waals surface area contributed by atoms with E-state index in [-0.39, 0.29) is 17.3 Å². The zero-order valence-electron chi connectivity index (χ0n) is 11.4. The Bertz CT molecular complexity index is 343. The Morgan fingerprint density at radius 1 is 1.21 bits per heavy atom. The van der Waals surface area contributed by atoms with Crippen molar-refractivity contribution >= 4 is 17.5 Å². The maximum Gasteiger partial charge on any atom is 0.158 e. The summed E-state index contributed by atoms with van der Waals surface area (Å²) in [6, 6.07) is 0. The van der Waals surface area contributed by atoms with Gasteiger partial charge in [0.05, 0.1) is 12.2 Å². The van der Waals surface area contributed by atoms with E-state index < -0.39 is 5.54 Å². The Morgan fingerprint density at radius 2 is 2.00 bits per heavy atom. The van der Waals surface area contributed by atoms with Crippen LogP contribution in [0.2, 0.25) is 0 Å². The van der Waals surface area contributed by atoms with Crippen LogP contribution in [-0.2, 0) is 14.3 Å². The fourth-order valence-corrected chi connectivity index (χ4v) is 4.76. The molecule has 19 heavy (non-hydrogen) atoms. The van der Waals surface area contributed by atoms with Crippen molar-refractivity contribution in [3.05, 3.63) is 0 Å². The van der Waals surface area contributed by atoms with Gasteiger partial charge >= 0.3 is 0 Å². The zero-order chi connectivity index (χ0) is 13.3. The number of carbonyl (C=O) groups excluding carboxylic acids is 1. The molecule has 0 bridgehead atoms. The van der Waals surface area contributed by atoms with Gasteiger partial charge in [0.25, 0.3) is 0 Å². The fourth-order valence-electron chi connectivity index (χ4n) is 3.53. The summed E-state index contributed by atoms with van der Waals surface area (Å²) in [4.78, 5) is 12.7. The predicted molar refractivity (Wildman–Crippen MR) is 75.3 cm³/mol. The van der Waals surface area contributed by atoms with Crippen molar-refractivity contribution < 1.29 is 14.3 Å². The maximum atomic E-state index is 12.7. The lowest BCUT2D eigenvalue weighted by Gasteiger charge is -2.44. The minimum absolute atomic E-state index is 0.0420. The summed E-state index contributed by atoms with van der Waals surface area (Å²) in [6.45, 7) is 1.72. The Kier molecular flexibility index (Phi) is 3.91. The van der Waals surface area contributed by atoms with E-state index in [0.29, 0.717) is 26.2 Å². The number of Topliss-reactive ketones (excluding diaryl/α,β-unsaturated/α-hetero) is 1. The van der Waals surface area contributed by atoms with Crippen LogP contribution in [0, 0.1) is 5.92 Å². The highest BCUT2D eigenvalue weighted by Gasteiger charge is 2.47. The quantitative estimate of drug-likeness (QED) is 0.830. The lowest BCUT2D eigenvalue weighted by atomic mass is 9.75. The highest BCUT2D eigenvalue weighted by atomic mass is 32.2. The van der Waals surface area contributed by atoms with Crippen LogP contribution in [0.5, 0.6) is 0 Å². The molecule has 0 aliphatic carbocycles. The van der Waals surface area contributed by atoms with Gasteiger partial charge in [0, 0.05) is 19.1 Å². The fraction of sp³-hybridized carbons (Fsp3) is 0.929. The Labute approximate surface area is 118 Å². The van der Waals surface area contributed by atoms with Gasteiger partial charge in [0.1, 0.15) is 5.54 Å². The summed E-state index contributed by atoms with van der Waals surface area (Å²) in [5.74, 6) is 2.59. The molecule has 3 heterocycles. The number of ketones is 1. The Balaban J connectivity index is 1.69. The second-order valence-corrected chi connectivity index (χ2v) is 7.38. The van der Waals surface area contributed by atoms with Crippen LogP contribution in [0.4, 0.5) is 0 Å². The smallest absolute Gasteiger partial charge is 0.158 e. The summed E-state index contributed by atoms with van der Waals surface area (Å²) < 4.78 is 11.4. The molecule has 2 unspecified atom stereocenters. The van der Waals surface area contributed by atoms with Crippen LogP contribution < -0.4 is 5.73 Å². The first-order valence-corrected chi connectivity index (χ1v) is 8.42. The van der Waals surface area contributed by atoms with Crippen LogP contribution in [-0.4, -0.2) is 48.2 Å². The number of ether oxygens (including phenoxy) is 2. The van der Waals surface area contributed by atoms with Gasteiger partial charge in [-0.05, 0) is 43.6 Å². The molecule has 108 valence electrons. The SMILES string of the molecule is NC1(C(=O)C2CCOC3(CCSCC3)C2)CCOC1. The molecular formula is C14H23NO3S. The molecule has 0 aromatic heterocycles. The van der Waals surface area contributed by atoms with Gasteiger partial charge in [-0.1, -0.05) is 0 Å². The van der Waals surface area contributed by atoms with Gasteiger partial charge in [-0.3, -0.25) is 4.79 Å². The van der Waals surface area contributed by atoms with Gasteiger partial charge in [-0.2, -0.15) is 11.8 Å². The third kappa shape index (κ3) is 2.71. The van der Waals surface area contributed by atoms with Crippen molar-refractivity contribution in [2.75, 3.05) is 31.3 Å². The van der Waals surface area contributed by atoms with Crippen molar-refractivity contribution in [2.24, 2.45) is 11.7 Å². The average molecular weight is 285 g/mol. The molecule has 3 saturated heterocycles. The standard InChI is InChI=1S/C14H23NO3S/c15-14(2-6-17-10-14)12(16)11-1-5-18-13(9-11)3-7-19-8-4-13/h11H,1-10,15H2. The molecule has 1 spiro atoms. The van der Waals surface area contributed by atoms with Crippen molar-refractivity contribution in [1.82, 2.24) is 0 Å². The largest absolute Gasteiger partial charge is 0.379 e. The van der Waals surface area contributed by atoms with E-state index >= 15 is 0 Å². The van der Waals surface area contributed by atoms with E-state index in [2.05, 4.69) is 0 Å². The van der Waals surface area contributed by atoms with Crippen LogP contribution in [0.1, 0.15) is 32.1 Å². The molecular weight excluding hydrogens is 262 g/mol. The lowest BCUT2D eigenvalue weighted by molar-refractivity contribution is -0.143. The third-order valence-corrected chi connectivity index (χ3v) is 5.80. The minimum Gasteiger partial charge on any atom is -0.379 e. The normalized spacial score (nSPS) is 38.5. The van der Waals surface area contributed by atoms with E-state index in [4.69, 9.17) is 15.2 Å². The Morgan fingerprint density at radius 3 is 2.68 bits per heavy atom. The predicted octanol–water partition coefficient (Wildman–Crippen LogP) is 1.37. The minimum atomic E-state index is -0.730. The molecule has 3 fully saturated rings. The second-order valence-electron chi connectivity index (χ2n) is 6.16. The molecule has 0 amide bonds. The van der Waals surface area contributed by atoms with Crippen molar-refractivity contribution in [3.8, 4) is 0 Å². The first kappa shape index (κ1) is 13.9. The number of rotatable bonds is 2. The van der Waals surface area contributed by atoms with E-state index in [1.165, 1.54) is 0 Å². The molecule has 0 radical (unpaired) electrons. The molecule has 0 saturated carbocycles. The van der Waals surface area contributed by atoms with E-state index in [0.717, 1.165) is 37.2 Å². The number of hydrogen-bond acceptors (Lipinski definition) is 5. The first-order chi connectivity index (χ1) is 9.14. The summed E-state index contributed by atoms with van der Waals surface area (Å²) in [7, 11) is 0. The molecule has 0 aromatic rings. The highest BCUT2D eigenvalue weighted by molar-refractivity contribution is 7.99. The van der Waals surface area contributed by atoms with Gasteiger partial charge in [-0.15, -0.1) is 0 Å². The number of hydrogen-bond donors (Lipinski definition) is 1. The van der Waals surface area contributed by atoms with Gasteiger partial charge < -0.3 is 15.2 Å². The Hall–Kier alpha value is -0.100. The second kappa shape index (κ2) is 5.35. The lowest BCUT2D eigenvalue weighted by Crippen LogP contribution is -2.54. The molecule has 3 aliphatic heterocycles. The third-order valence-electron chi connectivity index (χ3n) is 4.81. The number of nitrogens with two attached hydrogens (primary N) is 1. The van der Waals surface area contributed by atoms with Crippen molar-refractivity contribution in [3.63, 3.8) is 0 Å². The van der Waals surface area contributed by atoms with Crippen molar-refractivity contribution in [2.45, 2.75) is 43.2 Å². The van der Waals surface area contributed by atoms with Gasteiger partial charge in [0.15, 0.2) is 5.78 Å². The van der Waals surface area contributed by atoms with E-state index in [9.17, 15) is 4.79 Å². The molecule has 2 N–H and O–H groups in total. The van der Waals surface area contributed by atoms with Gasteiger partial charge in [0.2, 0.25) is 0 Å². The van der Waals surface area contributed by atoms with Crippen LogP contribution >= 0.6 is 11.8 Å². The van der Waals surface area contributed by atoms with Gasteiger partial charge in [-0.25, -0.2) is 0 Å². The molecule has 2 atom stereocenters. The molecule has 3 rings (SSSR count). The summed E-state index contributed by atoms with van der Waals surface area (Å²) in [5.41, 5.74) is 5.46. The van der Waals surface area contributed by atoms with E-state index in [1.807, 2.05) is 11.8 Å². The van der Waals surface area contributed by atoms with Crippen LogP contribution in [0.15, 0.2) is 0 Å². The van der Waals surface area contributed by atoms with Crippen molar-refractivity contribution in [1.29, 1.82) is 0 Å².